The highest BCUT2D eigenvalue weighted by molar-refractivity contribution is 7.89. The number of carbonyl (C=O) groups excluding carboxylic acids is 1. The fraction of sp³-hybridized carbons (Fsp3) is 0.353. The predicted octanol–water partition coefficient (Wildman–Crippen LogP) is 2.94. The van der Waals surface area contributed by atoms with E-state index in [0.717, 1.165) is 0 Å². The van der Waals surface area contributed by atoms with Crippen LogP contribution in [-0.2, 0) is 21.4 Å². The second kappa shape index (κ2) is 8.51. The highest BCUT2D eigenvalue weighted by Crippen LogP contribution is 2.16. The summed E-state index contributed by atoms with van der Waals surface area (Å²) in [4.78, 5) is 12.5. The van der Waals surface area contributed by atoms with Gasteiger partial charge in [-0.15, -0.1) is 0 Å². The van der Waals surface area contributed by atoms with Crippen molar-refractivity contribution in [3.8, 4) is 0 Å². The van der Waals surface area contributed by atoms with Gasteiger partial charge < -0.3 is 9.73 Å². The summed E-state index contributed by atoms with van der Waals surface area (Å²) in [6.45, 7) is 4.04. The maximum atomic E-state index is 12.5. The molecule has 0 spiro atoms. The Labute approximate surface area is 152 Å². The van der Waals surface area contributed by atoms with Gasteiger partial charge in [-0.3, -0.25) is 4.79 Å². The zero-order valence-electron chi connectivity index (χ0n) is 14.0. The van der Waals surface area contributed by atoms with Crippen LogP contribution < -0.4 is 10.0 Å². The third kappa shape index (κ3) is 5.88. The minimum absolute atomic E-state index is 0.0597. The summed E-state index contributed by atoms with van der Waals surface area (Å²) >= 11 is 5.79. The Bertz CT molecular complexity index is 787. The summed E-state index contributed by atoms with van der Waals surface area (Å²) in [6, 6.07) is 8.35. The highest BCUT2D eigenvalue weighted by Gasteiger charge is 2.26. The molecule has 0 saturated carbocycles. The molecule has 6 nitrogen and oxygen atoms in total. The topological polar surface area (TPSA) is 88.4 Å². The van der Waals surface area contributed by atoms with Crippen molar-refractivity contribution in [2.45, 2.75) is 37.8 Å². The van der Waals surface area contributed by atoms with Crippen LogP contribution in [0.4, 0.5) is 0 Å². The van der Waals surface area contributed by atoms with Crippen molar-refractivity contribution >= 4 is 27.5 Å². The number of halogens is 1. The van der Waals surface area contributed by atoms with E-state index in [0.29, 0.717) is 17.2 Å². The van der Waals surface area contributed by atoms with Crippen LogP contribution in [0.2, 0.25) is 5.02 Å². The lowest BCUT2D eigenvalue weighted by Crippen LogP contribution is -2.47. The molecule has 0 radical (unpaired) electrons. The zero-order valence-corrected chi connectivity index (χ0v) is 15.6. The Hall–Kier alpha value is -1.83. The molecule has 2 rings (SSSR count). The second-order valence-corrected chi connectivity index (χ2v) is 8.20. The van der Waals surface area contributed by atoms with Gasteiger partial charge in [0.15, 0.2) is 0 Å². The number of hydrogen-bond donors (Lipinski definition) is 2. The van der Waals surface area contributed by atoms with E-state index in [1.54, 1.807) is 12.1 Å². The van der Waals surface area contributed by atoms with E-state index in [2.05, 4.69) is 10.0 Å². The van der Waals surface area contributed by atoms with Gasteiger partial charge in [0.05, 0.1) is 17.7 Å². The molecule has 136 valence electrons. The van der Waals surface area contributed by atoms with E-state index in [1.165, 1.54) is 30.5 Å². The van der Waals surface area contributed by atoms with E-state index < -0.39 is 22.0 Å². The molecule has 25 heavy (non-hydrogen) atoms. The molecule has 0 aliphatic carbocycles. The fourth-order valence-electron chi connectivity index (χ4n) is 2.26. The molecule has 0 bridgehead atoms. The molecule has 8 heteroatoms. The van der Waals surface area contributed by atoms with Gasteiger partial charge in [-0.2, -0.15) is 4.72 Å². The van der Waals surface area contributed by atoms with Crippen LogP contribution in [0.3, 0.4) is 0 Å². The Morgan fingerprint density at radius 1 is 1.20 bits per heavy atom. The van der Waals surface area contributed by atoms with Crippen LogP contribution in [-0.4, -0.2) is 20.4 Å². The van der Waals surface area contributed by atoms with Crippen molar-refractivity contribution in [3.63, 3.8) is 0 Å². The van der Waals surface area contributed by atoms with Gasteiger partial charge >= 0.3 is 0 Å². The first-order valence-corrected chi connectivity index (χ1v) is 9.72. The lowest BCUT2D eigenvalue weighted by Gasteiger charge is -2.20. The molecule has 1 heterocycles. The van der Waals surface area contributed by atoms with Crippen molar-refractivity contribution in [3.05, 3.63) is 53.4 Å². The second-order valence-electron chi connectivity index (χ2n) is 6.05. The molecule has 1 amide bonds. The molecule has 1 aromatic heterocycles. The number of amides is 1. The SMILES string of the molecule is CC(C)C[C@@H](NS(=O)(=O)c1ccc(Cl)cc1)C(=O)NCc1ccco1. The predicted molar refractivity (Wildman–Crippen MR) is 95.6 cm³/mol. The Kier molecular flexibility index (Phi) is 6.64. The van der Waals surface area contributed by atoms with Crippen LogP contribution in [0.1, 0.15) is 26.0 Å². The minimum atomic E-state index is -3.83. The summed E-state index contributed by atoms with van der Waals surface area (Å²) in [5.74, 6) is 0.326. The molecule has 0 aliphatic rings. The minimum Gasteiger partial charge on any atom is -0.467 e. The normalized spacial score (nSPS) is 13.0. The molecule has 0 saturated heterocycles. The van der Waals surface area contributed by atoms with Gasteiger partial charge in [-0.25, -0.2) is 8.42 Å². The lowest BCUT2D eigenvalue weighted by atomic mass is 10.0. The number of hydrogen-bond acceptors (Lipinski definition) is 4. The van der Waals surface area contributed by atoms with Gasteiger partial charge in [0.25, 0.3) is 0 Å². The Morgan fingerprint density at radius 2 is 1.88 bits per heavy atom. The maximum absolute atomic E-state index is 12.5. The molecule has 0 unspecified atom stereocenters. The van der Waals surface area contributed by atoms with Crippen molar-refractivity contribution in [1.82, 2.24) is 10.0 Å². The standard InChI is InChI=1S/C17H21ClN2O4S/c1-12(2)10-16(17(21)19-11-14-4-3-9-24-14)20-25(22,23)15-7-5-13(18)6-8-15/h3-9,12,16,20H,10-11H2,1-2H3,(H,19,21)/t16-/m1/s1. The first kappa shape index (κ1) is 19.5. The lowest BCUT2D eigenvalue weighted by molar-refractivity contribution is -0.123. The number of benzene rings is 1. The van der Waals surface area contributed by atoms with Crippen molar-refractivity contribution in [2.75, 3.05) is 0 Å². The third-order valence-electron chi connectivity index (χ3n) is 3.46. The van der Waals surface area contributed by atoms with Crippen molar-refractivity contribution < 1.29 is 17.6 Å². The Morgan fingerprint density at radius 3 is 2.44 bits per heavy atom. The summed E-state index contributed by atoms with van der Waals surface area (Å²) < 4.78 is 32.7. The smallest absolute Gasteiger partial charge is 0.241 e. The molecule has 0 aliphatic heterocycles. The zero-order chi connectivity index (χ0) is 18.4. The first-order chi connectivity index (χ1) is 11.8. The molecule has 1 atom stereocenters. The largest absolute Gasteiger partial charge is 0.467 e. The third-order valence-corrected chi connectivity index (χ3v) is 5.20. The van der Waals surface area contributed by atoms with E-state index in [4.69, 9.17) is 16.0 Å². The maximum Gasteiger partial charge on any atom is 0.241 e. The quantitative estimate of drug-likeness (QED) is 0.732. The molecule has 1 aromatic carbocycles. The first-order valence-electron chi connectivity index (χ1n) is 7.86. The number of carbonyl (C=O) groups is 1. The van der Waals surface area contributed by atoms with Crippen LogP contribution >= 0.6 is 11.6 Å². The van der Waals surface area contributed by atoms with Gasteiger partial charge in [0, 0.05) is 5.02 Å². The summed E-state index contributed by atoms with van der Waals surface area (Å²) in [7, 11) is -3.83. The monoisotopic (exact) mass is 384 g/mol. The molecule has 0 fully saturated rings. The van der Waals surface area contributed by atoms with Gasteiger partial charge in [-0.1, -0.05) is 25.4 Å². The van der Waals surface area contributed by atoms with Gasteiger partial charge in [0.2, 0.25) is 15.9 Å². The van der Waals surface area contributed by atoms with Crippen LogP contribution in [0.5, 0.6) is 0 Å². The summed E-state index contributed by atoms with van der Waals surface area (Å²) in [6.07, 6.45) is 1.88. The molecule has 2 aromatic rings. The number of rotatable bonds is 8. The number of sulfonamides is 1. The molecular weight excluding hydrogens is 364 g/mol. The fourth-order valence-corrected chi connectivity index (χ4v) is 3.59. The summed E-state index contributed by atoms with van der Waals surface area (Å²) in [5, 5.41) is 3.13. The van der Waals surface area contributed by atoms with Crippen molar-refractivity contribution in [1.29, 1.82) is 0 Å². The van der Waals surface area contributed by atoms with E-state index in [-0.39, 0.29) is 17.4 Å². The molecule has 2 N–H and O–H groups in total. The van der Waals surface area contributed by atoms with E-state index in [1.807, 2.05) is 13.8 Å². The van der Waals surface area contributed by atoms with Crippen LogP contribution in [0, 0.1) is 5.92 Å². The van der Waals surface area contributed by atoms with Gasteiger partial charge in [0.1, 0.15) is 11.8 Å². The van der Waals surface area contributed by atoms with Crippen molar-refractivity contribution in [2.24, 2.45) is 5.92 Å². The molecular formula is C17H21ClN2O4S. The van der Waals surface area contributed by atoms with Crippen LogP contribution in [0.25, 0.3) is 0 Å². The average Bonchev–Trinajstić information content (AvgIpc) is 3.05. The number of nitrogens with one attached hydrogen (secondary N) is 2. The van der Waals surface area contributed by atoms with Gasteiger partial charge in [-0.05, 0) is 48.7 Å². The Balaban J connectivity index is 2.10. The average molecular weight is 385 g/mol. The van der Waals surface area contributed by atoms with E-state index >= 15 is 0 Å². The van der Waals surface area contributed by atoms with Crippen LogP contribution in [0.15, 0.2) is 52.0 Å². The highest BCUT2D eigenvalue weighted by atomic mass is 35.5. The summed E-state index contributed by atoms with van der Waals surface area (Å²) in [5.41, 5.74) is 0. The van der Waals surface area contributed by atoms with E-state index in [9.17, 15) is 13.2 Å². The number of furan rings is 1.